The van der Waals surface area contributed by atoms with Gasteiger partial charge in [-0.25, -0.2) is 4.79 Å². The summed E-state index contributed by atoms with van der Waals surface area (Å²) in [4.78, 5) is 36.5. The standard InChI is InChI=1S/C26H29NO9/c1-14(29)34-23-21(12-28)36-25(32-3)22(24(23)35-15(2)30)27-26(31)33-13-20-18-10-6-4-8-16(18)17-9-5-7-11-19(17)20/h4-11,20-25,28H,12-13H2,1-3H3,(H,27,31)/t21-,22-,23-,24-,25+/m1/s1. The van der Waals surface area contributed by atoms with Crippen LogP contribution in [0.3, 0.4) is 0 Å². The van der Waals surface area contributed by atoms with Gasteiger partial charge in [0, 0.05) is 26.9 Å². The molecule has 1 heterocycles. The molecule has 5 atom stereocenters. The first-order chi connectivity index (χ1) is 17.3. The summed E-state index contributed by atoms with van der Waals surface area (Å²) in [6.45, 7) is 1.89. The van der Waals surface area contributed by atoms with Gasteiger partial charge in [-0.3, -0.25) is 9.59 Å². The Labute approximate surface area is 208 Å². The smallest absolute Gasteiger partial charge is 0.407 e. The first-order valence-electron chi connectivity index (χ1n) is 11.6. The molecule has 2 aliphatic rings. The number of ether oxygens (including phenoxy) is 5. The Balaban J connectivity index is 1.52. The van der Waals surface area contributed by atoms with Crippen molar-refractivity contribution in [3.63, 3.8) is 0 Å². The van der Waals surface area contributed by atoms with E-state index in [0.29, 0.717) is 0 Å². The highest BCUT2D eigenvalue weighted by Gasteiger charge is 2.51. The lowest BCUT2D eigenvalue weighted by Gasteiger charge is -2.44. The van der Waals surface area contributed by atoms with Crippen molar-refractivity contribution < 1.29 is 43.2 Å². The molecular weight excluding hydrogens is 470 g/mol. The minimum Gasteiger partial charge on any atom is -0.456 e. The predicted octanol–water partition coefficient (Wildman–Crippen LogP) is 2.12. The second-order valence-corrected chi connectivity index (χ2v) is 8.60. The summed E-state index contributed by atoms with van der Waals surface area (Å²) in [5.41, 5.74) is 4.30. The quantitative estimate of drug-likeness (QED) is 0.435. The van der Waals surface area contributed by atoms with E-state index in [-0.39, 0.29) is 12.5 Å². The number of hydrogen-bond donors (Lipinski definition) is 2. The molecule has 0 radical (unpaired) electrons. The highest BCUT2D eigenvalue weighted by atomic mass is 16.7. The number of esters is 2. The van der Waals surface area contributed by atoms with Gasteiger partial charge in [0.25, 0.3) is 0 Å². The summed E-state index contributed by atoms with van der Waals surface area (Å²) >= 11 is 0. The van der Waals surface area contributed by atoms with Gasteiger partial charge in [0.05, 0.1) is 6.61 Å². The van der Waals surface area contributed by atoms with E-state index in [0.717, 1.165) is 22.3 Å². The van der Waals surface area contributed by atoms with Crippen LogP contribution in [0.5, 0.6) is 0 Å². The van der Waals surface area contributed by atoms with E-state index in [2.05, 4.69) is 5.32 Å². The van der Waals surface area contributed by atoms with Gasteiger partial charge in [0.15, 0.2) is 18.5 Å². The minimum atomic E-state index is -1.19. The van der Waals surface area contributed by atoms with Crippen molar-refractivity contribution in [2.75, 3.05) is 20.3 Å². The van der Waals surface area contributed by atoms with Crippen molar-refractivity contribution in [1.29, 1.82) is 0 Å². The average molecular weight is 500 g/mol. The van der Waals surface area contributed by atoms with Gasteiger partial charge in [-0.1, -0.05) is 48.5 Å². The zero-order valence-corrected chi connectivity index (χ0v) is 20.2. The van der Waals surface area contributed by atoms with Crippen molar-refractivity contribution in [2.45, 2.75) is 50.4 Å². The topological polar surface area (TPSA) is 130 Å². The maximum Gasteiger partial charge on any atom is 0.407 e. The summed E-state index contributed by atoms with van der Waals surface area (Å²) in [6.07, 6.45) is -5.32. The number of alkyl carbamates (subject to hydrolysis) is 1. The molecule has 10 nitrogen and oxygen atoms in total. The molecule has 4 rings (SSSR count). The van der Waals surface area contributed by atoms with Crippen molar-refractivity contribution in [3.05, 3.63) is 59.7 Å². The number of methoxy groups -OCH3 is 1. The molecule has 1 fully saturated rings. The molecule has 0 bridgehead atoms. The second-order valence-electron chi connectivity index (χ2n) is 8.60. The Bertz CT molecular complexity index is 1070. The number of carbonyl (C=O) groups excluding carboxylic acids is 3. The van der Waals surface area contributed by atoms with Gasteiger partial charge in [-0.05, 0) is 22.3 Å². The highest BCUT2D eigenvalue weighted by Crippen LogP contribution is 2.44. The summed E-state index contributed by atoms with van der Waals surface area (Å²) < 4.78 is 27.3. The number of nitrogens with one attached hydrogen (secondary N) is 1. The first-order valence-corrected chi connectivity index (χ1v) is 11.6. The fraction of sp³-hybridized carbons (Fsp3) is 0.423. The fourth-order valence-corrected chi connectivity index (χ4v) is 4.85. The number of amides is 1. The Morgan fingerprint density at radius 2 is 1.47 bits per heavy atom. The molecule has 2 aromatic rings. The number of carbonyl (C=O) groups is 3. The Kier molecular flexibility index (Phi) is 7.88. The summed E-state index contributed by atoms with van der Waals surface area (Å²) in [5, 5.41) is 12.4. The van der Waals surface area contributed by atoms with E-state index >= 15 is 0 Å². The van der Waals surface area contributed by atoms with E-state index in [1.54, 1.807) is 0 Å². The molecule has 0 unspecified atom stereocenters. The Hall–Kier alpha value is -3.47. The Morgan fingerprint density at radius 3 is 2.00 bits per heavy atom. The summed E-state index contributed by atoms with van der Waals surface area (Å²) in [5.74, 6) is -1.50. The molecule has 0 spiro atoms. The monoisotopic (exact) mass is 499 g/mol. The Morgan fingerprint density at radius 1 is 0.917 bits per heavy atom. The largest absolute Gasteiger partial charge is 0.456 e. The predicted molar refractivity (Wildman–Crippen MR) is 126 cm³/mol. The molecule has 2 N–H and O–H groups in total. The molecule has 1 aliphatic heterocycles. The van der Waals surface area contributed by atoms with Gasteiger partial charge in [-0.2, -0.15) is 0 Å². The third-order valence-corrected chi connectivity index (χ3v) is 6.29. The van der Waals surface area contributed by atoms with Crippen LogP contribution in [0.15, 0.2) is 48.5 Å². The van der Waals surface area contributed by atoms with Crippen LogP contribution in [0.1, 0.15) is 30.9 Å². The van der Waals surface area contributed by atoms with Crippen LogP contribution in [0, 0.1) is 0 Å². The van der Waals surface area contributed by atoms with Crippen molar-refractivity contribution >= 4 is 18.0 Å². The lowest BCUT2D eigenvalue weighted by Crippen LogP contribution is -2.66. The molecule has 1 amide bonds. The van der Waals surface area contributed by atoms with Gasteiger partial charge in [0.1, 0.15) is 18.8 Å². The van der Waals surface area contributed by atoms with Crippen LogP contribution >= 0.6 is 0 Å². The zero-order valence-electron chi connectivity index (χ0n) is 20.2. The molecule has 0 saturated carbocycles. The third kappa shape index (κ3) is 5.20. The molecule has 192 valence electrons. The van der Waals surface area contributed by atoms with E-state index in [1.807, 2.05) is 48.5 Å². The van der Waals surface area contributed by atoms with Gasteiger partial charge in [0.2, 0.25) is 0 Å². The third-order valence-electron chi connectivity index (χ3n) is 6.29. The lowest BCUT2D eigenvalue weighted by molar-refractivity contribution is -0.270. The maximum atomic E-state index is 12.9. The average Bonchev–Trinajstić information content (AvgIpc) is 3.18. The van der Waals surface area contributed by atoms with Crippen LogP contribution in [-0.2, 0) is 33.3 Å². The molecular formula is C26H29NO9. The molecule has 2 aromatic carbocycles. The molecule has 36 heavy (non-hydrogen) atoms. The van der Waals surface area contributed by atoms with Crippen LogP contribution < -0.4 is 5.32 Å². The lowest BCUT2D eigenvalue weighted by atomic mass is 9.96. The number of benzene rings is 2. The van der Waals surface area contributed by atoms with Gasteiger partial charge < -0.3 is 34.1 Å². The molecule has 10 heteroatoms. The number of aliphatic hydroxyl groups is 1. The number of fused-ring (bicyclic) bond motifs is 3. The SMILES string of the molecule is CO[C@H]1O[C@H](CO)[C@@H](OC(C)=O)[C@H](OC(C)=O)[C@H]1NC(=O)OCC1c2ccccc2-c2ccccc21. The molecule has 1 aliphatic carbocycles. The first kappa shape index (κ1) is 25.6. The van der Waals surface area contributed by atoms with Crippen LogP contribution in [0.25, 0.3) is 11.1 Å². The number of rotatable bonds is 7. The normalized spacial score (nSPS) is 24.8. The minimum absolute atomic E-state index is 0.0654. The summed E-state index contributed by atoms with van der Waals surface area (Å²) in [6, 6.07) is 14.8. The summed E-state index contributed by atoms with van der Waals surface area (Å²) in [7, 11) is 1.34. The second kappa shape index (κ2) is 11.1. The van der Waals surface area contributed by atoms with Crippen molar-refractivity contribution in [1.82, 2.24) is 5.32 Å². The van der Waals surface area contributed by atoms with Crippen molar-refractivity contribution in [2.24, 2.45) is 0 Å². The van der Waals surface area contributed by atoms with Crippen LogP contribution in [0.2, 0.25) is 0 Å². The molecule has 1 saturated heterocycles. The van der Waals surface area contributed by atoms with E-state index in [4.69, 9.17) is 23.7 Å². The number of aliphatic hydroxyl groups excluding tert-OH is 1. The van der Waals surface area contributed by atoms with Crippen molar-refractivity contribution in [3.8, 4) is 11.1 Å². The zero-order chi connectivity index (χ0) is 25.8. The van der Waals surface area contributed by atoms with E-state index < -0.39 is 55.3 Å². The number of hydrogen-bond acceptors (Lipinski definition) is 9. The maximum absolute atomic E-state index is 12.9. The van der Waals surface area contributed by atoms with Crippen LogP contribution in [0.4, 0.5) is 4.79 Å². The molecule has 0 aromatic heterocycles. The van der Waals surface area contributed by atoms with Gasteiger partial charge in [-0.15, -0.1) is 0 Å². The van der Waals surface area contributed by atoms with E-state index in [1.165, 1.54) is 21.0 Å². The fourth-order valence-electron chi connectivity index (χ4n) is 4.85. The van der Waals surface area contributed by atoms with E-state index in [9.17, 15) is 19.5 Å². The highest BCUT2D eigenvalue weighted by molar-refractivity contribution is 5.79. The van der Waals surface area contributed by atoms with Crippen LogP contribution in [-0.4, -0.2) is 74.1 Å². The van der Waals surface area contributed by atoms with Gasteiger partial charge >= 0.3 is 18.0 Å².